The molecule has 196 valence electrons. The summed E-state index contributed by atoms with van der Waals surface area (Å²) in [7, 11) is 1.59. The SMILES string of the molecule is CCOc1ccc(-n2c(SCC(=O)NN=Cc3c(OC)ccc4ccccc34)nc3ccccc3c2=O)cc1. The van der Waals surface area contributed by atoms with Crippen LogP contribution in [0.5, 0.6) is 11.5 Å². The van der Waals surface area contributed by atoms with Crippen LogP contribution in [0.15, 0.2) is 100.0 Å². The number of carbonyl (C=O) groups is 1. The molecule has 4 aromatic carbocycles. The predicted molar refractivity (Wildman–Crippen MR) is 155 cm³/mol. The molecule has 1 N–H and O–H groups in total. The number of ether oxygens (including phenoxy) is 2. The van der Waals surface area contributed by atoms with Gasteiger partial charge >= 0.3 is 0 Å². The van der Waals surface area contributed by atoms with Crippen LogP contribution >= 0.6 is 11.8 Å². The van der Waals surface area contributed by atoms with E-state index in [9.17, 15) is 9.59 Å². The molecule has 0 unspecified atom stereocenters. The van der Waals surface area contributed by atoms with Crippen LogP contribution in [0.2, 0.25) is 0 Å². The molecule has 1 aromatic heterocycles. The molecule has 0 saturated heterocycles. The number of hydrogen-bond donors (Lipinski definition) is 1. The molecular formula is C30H26N4O4S. The minimum atomic E-state index is -0.337. The van der Waals surface area contributed by atoms with Crippen molar-refractivity contribution in [2.24, 2.45) is 5.10 Å². The third-order valence-corrected chi connectivity index (χ3v) is 6.96. The van der Waals surface area contributed by atoms with Gasteiger partial charge in [-0.3, -0.25) is 14.2 Å². The molecule has 0 saturated carbocycles. The minimum Gasteiger partial charge on any atom is -0.496 e. The molecule has 0 aliphatic heterocycles. The number of methoxy groups -OCH3 is 1. The molecule has 8 nitrogen and oxygen atoms in total. The van der Waals surface area contributed by atoms with E-state index in [0.717, 1.165) is 28.1 Å². The highest BCUT2D eigenvalue weighted by Crippen LogP contribution is 2.26. The Morgan fingerprint density at radius 3 is 2.51 bits per heavy atom. The summed E-state index contributed by atoms with van der Waals surface area (Å²) in [5.41, 5.74) is 4.32. The Morgan fingerprint density at radius 1 is 1.00 bits per heavy atom. The highest BCUT2D eigenvalue weighted by molar-refractivity contribution is 7.99. The number of hydrazone groups is 1. The van der Waals surface area contributed by atoms with E-state index in [2.05, 4.69) is 15.5 Å². The van der Waals surface area contributed by atoms with Crippen molar-refractivity contribution in [2.75, 3.05) is 19.5 Å². The van der Waals surface area contributed by atoms with E-state index >= 15 is 0 Å². The van der Waals surface area contributed by atoms with Crippen molar-refractivity contribution < 1.29 is 14.3 Å². The number of nitrogens with one attached hydrogen (secondary N) is 1. The first-order valence-corrected chi connectivity index (χ1v) is 13.3. The molecular weight excluding hydrogens is 512 g/mol. The normalized spacial score (nSPS) is 11.2. The quantitative estimate of drug-likeness (QED) is 0.120. The highest BCUT2D eigenvalue weighted by atomic mass is 32.2. The number of rotatable bonds is 9. The molecule has 39 heavy (non-hydrogen) atoms. The molecule has 0 bridgehead atoms. The number of carbonyl (C=O) groups excluding carboxylic acids is 1. The van der Waals surface area contributed by atoms with Gasteiger partial charge in [-0.1, -0.05) is 54.2 Å². The van der Waals surface area contributed by atoms with Gasteiger partial charge in [-0.2, -0.15) is 5.10 Å². The lowest BCUT2D eigenvalue weighted by Gasteiger charge is -2.13. The largest absolute Gasteiger partial charge is 0.496 e. The first-order valence-electron chi connectivity index (χ1n) is 12.3. The molecule has 0 spiro atoms. The fraction of sp³-hybridized carbons (Fsp3) is 0.133. The second kappa shape index (κ2) is 11.8. The molecule has 0 aliphatic rings. The van der Waals surface area contributed by atoms with Gasteiger partial charge in [0.2, 0.25) is 0 Å². The van der Waals surface area contributed by atoms with Gasteiger partial charge in [0.15, 0.2) is 5.16 Å². The number of amides is 1. The summed E-state index contributed by atoms with van der Waals surface area (Å²) < 4.78 is 12.5. The van der Waals surface area contributed by atoms with E-state index in [1.165, 1.54) is 4.57 Å². The molecule has 0 radical (unpaired) electrons. The second-order valence-electron chi connectivity index (χ2n) is 8.46. The first kappa shape index (κ1) is 26.0. The number of hydrogen-bond acceptors (Lipinski definition) is 7. The molecule has 5 aromatic rings. The summed E-state index contributed by atoms with van der Waals surface area (Å²) in [6, 6.07) is 26.1. The monoisotopic (exact) mass is 538 g/mol. The van der Waals surface area contributed by atoms with Crippen molar-refractivity contribution in [2.45, 2.75) is 12.1 Å². The number of nitrogens with zero attached hydrogens (tertiary/aromatic N) is 3. The van der Waals surface area contributed by atoms with Crippen molar-refractivity contribution in [3.8, 4) is 17.2 Å². The Kier molecular flexibility index (Phi) is 7.88. The van der Waals surface area contributed by atoms with Crippen LogP contribution in [-0.2, 0) is 4.79 Å². The Balaban J connectivity index is 1.38. The van der Waals surface area contributed by atoms with Crippen LogP contribution in [0.1, 0.15) is 12.5 Å². The van der Waals surface area contributed by atoms with Gasteiger partial charge in [0.1, 0.15) is 11.5 Å². The topological polar surface area (TPSA) is 94.8 Å². The number of thioether (sulfide) groups is 1. The van der Waals surface area contributed by atoms with Crippen molar-refractivity contribution in [1.82, 2.24) is 15.0 Å². The maximum Gasteiger partial charge on any atom is 0.266 e. The number of benzene rings is 4. The van der Waals surface area contributed by atoms with E-state index in [-0.39, 0.29) is 17.2 Å². The van der Waals surface area contributed by atoms with Crippen molar-refractivity contribution >= 4 is 45.6 Å². The fourth-order valence-electron chi connectivity index (χ4n) is 4.21. The summed E-state index contributed by atoms with van der Waals surface area (Å²) in [4.78, 5) is 30.9. The van der Waals surface area contributed by atoms with E-state index in [4.69, 9.17) is 9.47 Å². The summed E-state index contributed by atoms with van der Waals surface area (Å²) in [6.45, 7) is 2.46. The zero-order chi connectivity index (χ0) is 27.2. The van der Waals surface area contributed by atoms with E-state index in [1.807, 2.05) is 49.4 Å². The Labute approximate surface area is 229 Å². The van der Waals surface area contributed by atoms with E-state index in [1.54, 1.807) is 55.8 Å². The first-order chi connectivity index (χ1) is 19.1. The molecule has 9 heteroatoms. The third-order valence-electron chi connectivity index (χ3n) is 6.02. The Hall–Kier alpha value is -4.63. The average Bonchev–Trinajstić information content (AvgIpc) is 2.97. The van der Waals surface area contributed by atoms with Gasteiger partial charge in [-0.05, 0) is 60.2 Å². The van der Waals surface area contributed by atoms with E-state index < -0.39 is 0 Å². The van der Waals surface area contributed by atoms with Gasteiger partial charge in [0.05, 0.1) is 42.3 Å². The summed E-state index contributed by atoms with van der Waals surface area (Å²) in [6.07, 6.45) is 1.58. The van der Waals surface area contributed by atoms with Gasteiger partial charge in [-0.25, -0.2) is 10.4 Å². The minimum absolute atomic E-state index is 0.00578. The van der Waals surface area contributed by atoms with Crippen molar-refractivity contribution in [3.05, 3.63) is 101 Å². The summed E-state index contributed by atoms with van der Waals surface area (Å²) >= 11 is 1.16. The highest BCUT2D eigenvalue weighted by Gasteiger charge is 2.15. The maximum atomic E-state index is 13.4. The van der Waals surface area contributed by atoms with Gasteiger partial charge in [0, 0.05) is 5.56 Å². The van der Waals surface area contributed by atoms with Gasteiger partial charge in [0.25, 0.3) is 11.5 Å². The Morgan fingerprint density at radius 2 is 1.74 bits per heavy atom. The van der Waals surface area contributed by atoms with Gasteiger partial charge in [-0.15, -0.1) is 0 Å². The molecule has 1 amide bonds. The average molecular weight is 539 g/mol. The lowest BCUT2D eigenvalue weighted by Crippen LogP contribution is -2.24. The molecule has 0 atom stereocenters. The lowest BCUT2D eigenvalue weighted by molar-refractivity contribution is -0.118. The fourth-order valence-corrected chi connectivity index (χ4v) is 5.02. The molecule has 5 rings (SSSR count). The second-order valence-corrected chi connectivity index (χ2v) is 9.41. The maximum absolute atomic E-state index is 13.4. The van der Waals surface area contributed by atoms with Crippen LogP contribution in [0.3, 0.4) is 0 Å². The Bertz CT molecular complexity index is 1730. The van der Waals surface area contributed by atoms with Crippen LogP contribution in [0, 0.1) is 0 Å². The van der Waals surface area contributed by atoms with Crippen molar-refractivity contribution in [3.63, 3.8) is 0 Å². The van der Waals surface area contributed by atoms with Crippen LogP contribution in [0.4, 0.5) is 0 Å². The number of para-hydroxylation sites is 1. The predicted octanol–water partition coefficient (Wildman–Crippen LogP) is 5.19. The lowest BCUT2D eigenvalue weighted by atomic mass is 10.0. The number of fused-ring (bicyclic) bond motifs is 2. The summed E-state index contributed by atoms with van der Waals surface area (Å²) in [5, 5.41) is 7.06. The third kappa shape index (κ3) is 5.63. The van der Waals surface area contributed by atoms with Crippen molar-refractivity contribution in [1.29, 1.82) is 0 Å². The standard InChI is InChI=1S/C30H26N4O4S/c1-3-38-22-15-13-21(14-16-22)34-29(36)24-10-6-7-11-26(24)32-30(34)39-19-28(35)33-31-18-25-23-9-5-4-8-20(23)12-17-27(25)37-2/h4-18H,3,19H2,1-2H3,(H,33,35). The van der Waals surface area contributed by atoms with Crippen LogP contribution < -0.4 is 20.5 Å². The zero-order valence-electron chi connectivity index (χ0n) is 21.5. The molecule has 1 heterocycles. The summed E-state index contributed by atoms with van der Waals surface area (Å²) in [5.74, 6) is 1.03. The zero-order valence-corrected chi connectivity index (χ0v) is 22.3. The van der Waals surface area contributed by atoms with Crippen LogP contribution in [0.25, 0.3) is 27.4 Å². The number of aromatic nitrogens is 2. The smallest absolute Gasteiger partial charge is 0.266 e. The molecule has 0 fully saturated rings. The van der Waals surface area contributed by atoms with Crippen LogP contribution in [-0.4, -0.2) is 41.1 Å². The molecule has 0 aliphatic carbocycles. The van der Waals surface area contributed by atoms with E-state index in [0.29, 0.717) is 39.9 Å². The van der Waals surface area contributed by atoms with Gasteiger partial charge < -0.3 is 9.47 Å².